The third-order valence-electron chi connectivity index (χ3n) is 6.24. The first-order valence-electron chi connectivity index (χ1n) is 12.3. The van der Waals surface area contributed by atoms with E-state index >= 15 is 0 Å². The average Bonchev–Trinajstić information content (AvgIpc) is 3.54. The molecule has 0 aliphatic rings. The highest BCUT2D eigenvalue weighted by molar-refractivity contribution is 5.96. The van der Waals surface area contributed by atoms with Gasteiger partial charge in [0.2, 0.25) is 0 Å². The molecule has 0 radical (unpaired) electrons. The van der Waals surface area contributed by atoms with Crippen LogP contribution in [0.5, 0.6) is 5.75 Å². The summed E-state index contributed by atoms with van der Waals surface area (Å²) in [7, 11) is 5.77. The van der Waals surface area contributed by atoms with Crippen LogP contribution in [0.15, 0.2) is 61.2 Å². The molecule has 200 valence electrons. The molecule has 4 aromatic rings. The Labute approximate surface area is 220 Å². The van der Waals surface area contributed by atoms with Crippen LogP contribution >= 0.6 is 0 Å². The summed E-state index contributed by atoms with van der Waals surface area (Å²) >= 11 is 0. The summed E-state index contributed by atoms with van der Waals surface area (Å²) < 4.78 is 34.4. The van der Waals surface area contributed by atoms with E-state index in [9.17, 15) is 13.6 Å². The van der Waals surface area contributed by atoms with E-state index in [0.29, 0.717) is 33.7 Å². The summed E-state index contributed by atoms with van der Waals surface area (Å²) in [4.78, 5) is 15.3. The molecule has 8 nitrogen and oxygen atoms in total. The van der Waals surface area contributed by atoms with E-state index in [0.717, 1.165) is 28.8 Å². The zero-order valence-corrected chi connectivity index (χ0v) is 22.2. The fraction of sp³-hybridized carbons (Fsp3) is 0.321. The number of carbonyl (C=O) groups excluding carboxylic acids is 1. The largest absolute Gasteiger partial charge is 0.492 e. The summed E-state index contributed by atoms with van der Waals surface area (Å²) in [5.41, 5.74) is 5.16. The molecule has 1 amide bonds. The Morgan fingerprint density at radius 3 is 2.32 bits per heavy atom. The Morgan fingerprint density at radius 1 is 1.03 bits per heavy atom. The van der Waals surface area contributed by atoms with Crippen LogP contribution in [0.4, 0.5) is 8.78 Å². The number of ether oxygens (including phenoxy) is 1. The Morgan fingerprint density at radius 2 is 1.71 bits per heavy atom. The summed E-state index contributed by atoms with van der Waals surface area (Å²) in [6.07, 6.45) is 6.33. The maximum Gasteiger partial charge on any atom is 0.333 e. The summed E-state index contributed by atoms with van der Waals surface area (Å²) in [5.74, 6) is 0.402. The van der Waals surface area contributed by atoms with Crippen molar-refractivity contribution in [1.82, 2.24) is 29.8 Å². The fourth-order valence-electron chi connectivity index (χ4n) is 4.04. The van der Waals surface area contributed by atoms with Gasteiger partial charge in [0.05, 0.1) is 18.4 Å². The maximum atomic E-state index is 13.3. The van der Waals surface area contributed by atoms with Crippen LogP contribution in [0.3, 0.4) is 0 Å². The van der Waals surface area contributed by atoms with Gasteiger partial charge in [0.1, 0.15) is 12.4 Å². The molecule has 0 spiro atoms. The first-order chi connectivity index (χ1) is 18.1. The van der Waals surface area contributed by atoms with Gasteiger partial charge >= 0.3 is 6.55 Å². The van der Waals surface area contributed by atoms with Crippen molar-refractivity contribution in [1.29, 1.82) is 0 Å². The molecule has 0 unspecified atom stereocenters. The molecule has 0 saturated carbocycles. The molecule has 4 rings (SSSR count). The molecular weight excluding hydrogens is 490 g/mol. The first-order valence-corrected chi connectivity index (χ1v) is 12.3. The van der Waals surface area contributed by atoms with Crippen LogP contribution in [-0.4, -0.2) is 57.6 Å². The van der Waals surface area contributed by atoms with Crippen molar-refractivity contribution in [2.75, 3.05) is 27.2 Å². The number of carbonyl (C=O) groups is 1. The van der Waals surface area contributed by atoms with Crippen molar-refractivity contribution in [2.24, 2.45) is 7.05 Å². The molecule has 0 saturated heterocycles. The minimum atomic E-state index is -2.73. The SMILES string of the molecule is Cc1ccc(OCCN(C)C)cc1C(=O)N[C@H](C)c1cc(-c2cnn(C)c2)cc(-c2cnn(C(F)F)c2)c1. The van der Waals surface area contributed by atoms with Crippen LogP contribution in [0.2, 0.25) is 0 Å². The van der Waals surface area contributed by atoms with E-state index in [1.54, 1.807) is 16.9 Å². The number of aryl methyl sites for hydroxylation is 2. The Kier molecular flexibility index (Phi) is 8.21. The van der Waals surface area contributed by atoms with Crippen LogP contribution in [0.1, 0.15) is 41.0 Å². The zero-order valence-electron chi connectivity index (χ0n) is 22.2. The molecule has 1 N–H and O–H groups in total. The second kappa shape index (κ2) is 11.6. The highest BCUT2D eigenvalue weighted by Gasteiger charge is 2.18. The molecule has 38 heavy (non-hydrogen) atoms. The average molecular weight is 523 g/mol. The van der Waals surface area contributed by atoms with Crippen molar-refractivity contribution < 1.29 is 18.3 Å². The van der Waals surface area contributed by atoms with Gasteiger partial charge in [0.25, 0.3) is 5.91 Å². The van der Waals surface area contributed by atoms with Gasteiger partial charge in [-0.3, -0.25) is 9.48 Å². The van der Waals surface area contributed by atoms with Gasteiger partial charge in [-0.1, -0.05) is 6.07 Å². The number of amides is 1. The van der Waals surface area contributed by atoms with Gasteiger partial charge in [-0.25, -0.2) is 4.68 Å². The lowest BCUT2D eigenvalue weighted by atomic mass is 9.96. The Balaban J connectivity index is 1.61. The normalized spacial score (nSPS) is 12.2. The quantitative estimate of drug-likeness (QED) is 0.314. The molecule has 0 aliphatic carbocycles. The monoisotopic (exact) mass is 522 g/mol. The molecule has 10 heteroatoms. The van der Waals surface area contributed by atoms with Crippen LogP contribution in [0.25, 0.3) is 22.3 Å². The van der Waals surface area contributed by atoms with E-state index in [1.165, 1.54) is 12.4 Å². The van der Waals surface area contributed by atoms with Crippen molar-refractivity contribution >= 4 is 5.91 Å². The smallest absolute Gasteiger partial charge is 0.333 e. The molecule has 0 aliphatic heterocycles. The van der Waals surface area contributed by atoms with Crippen molar-refractivity contribution in [3.05, 3.63) is 77.9 Å². The number of nitrogens with zero attached hydrogens (tertiary/aromatic N) is 5. The summed E-state index contributed by atoms with van der Waals surface area (Å²) in [5, 5.41) is 11.1. The number of nitrogens with one attached hydrogen (secondary N) is 1. The topological polar surface area (TPSA) is 77.2 Å². The zero-order chi connectivity index (χ0) is 27.4. The van der Waals surface area contributed by atoms with Crippen LogP contribution in [-0.2, 0) is 7.05 Å². The van der Waals surface area contributed by atoms with Crippen molar-refractivity contribution in [2.45, 2.75) is 26.4 Å². The van der Waals surface area contributed by atoms with Gasteiger partial charge in [0.15, 0.2) is 0 Å². The number of rotatable bonds is 10. The third-order valence-corrected chi connectivity index (χ3v) is 6.24. The van der Waals surface area contributed by atoms with E-state index in [1.807, 2.05) is 76.4 Å². The van der Waals surface area contributed by atoms with Crippen molar-refractivity contribution in [3.8, 4) is 28.0 Å². The van der Waals surface area contributed by atoms with E-state index in [4.69, 9.17) is 4.74 Å². The van der Waals surface area contributed by atoms with Crippen molar-refractivity contribution in [3.63, 3.8) is 0 Å². The van der Waals surface area contributed by atoms with Gasteiger partial charge in [0, 0.05) is 42.7 Å². The van der Waals surface area contributed by atoms with Gasteiger partial charge in [-0.15, -0.1) is 0 Å². The van der Waals surface area contributed by atoms with Gasteiger partial charge in [-0.2, -0.15) is 19.0 Å². The third kappa shape index (κ3) is 6.44. The molecule has 0 bridgehead atoms. The van der Waals surface area contributed by atoms with E-state index in [2.05, 4.69) is 15.5 Å². The second-order valence-corrected chi connectivity index (χ2v) is 9.56. The fourth-order valence-corrected chi connectivity index (χ4v) is 4.04. The highest BCUT2D eigenvalue weighted by atomic mass is 19.3. The lowest BCUT2D eigenvalue weighted by Crippen LogP contribution is -2.27. The minimum Gasteiger partial charge on any atom is -0.492 e. The lowest BCUT2D eigenvalue weighted by Gasteiger charge is -2.18. The number of aromatic nitrogens is 4. The summed E-state index contributed by atoms with van der Waals surface area (Å²) in [6.45, 7) is 2.32. The van der Waals surface area contributed by atoms with Crippen LogP contribution < -0.4 is 10.1 Å². The maximum absolute atomic E-state index is 13.3. The number of hydrogen-bond acceptors (Lipinski definition) is 5. The molecule has 1 atom stereocenters. The lowest BCUT2D eigenvalue weighted by molar-refractivity contribution is 0.0566. The van der Waals surface area contributed by atoms with E-state index < -0.39 is 6.55 Å². The molecule has 2 aromatic heterocycles. The first kappa shape index (κ1) is 27.0. The number of hydrogen-bond donors (Lipinski definition) is 1. The number of likely N-dealkylation sites (N-methyl/N-ethyl adjacent to an activating group) is 1. The number of alkyl halides is 2. The van der Waals surface area contributed by atoms with E-state index in [-0.39, 0.29) is 11.9 Å². The van der Waals surface area contributed by atoms with Gasteiger partial charge in [-0.05, 0) is 80.5 Å². The molecular formula is C28H32F2N6O2. The molecule has 2 aromatic carbocycles. The molecule has 2 heterocycles. The second-order valence-electron chi connectivity index (χ2n) is 9.56. The predicted octanol–water partition coefficient (Wildman–Crippen LogP) is 5.09. The summed E-state index contributed by atoms with van der Waals surface area (Å²) in [6, 6.07) is 10.9. The number of benzene rings is 2. The minimum absolute atomic E-state index is 0.230. The Hall–Kier alpha value is -4.05. The van der Waals surface area contributed by atoms with Crippen LogP contribution in [0, 0.1) is 6.92 Å². The van der Waals surface area contributed by atoms with Gasteiger partial charge < -0.3 is 15.0 Å². The number of halogens is 2. The standard InChI is InChI=1S/C28H32F2N6O2/c1-18-6-7-25(38-9-8-34(3)4)13-26(18)27(37)33-19(2)20-10-21(23-14-31-35(5)16-23)12-22(11-20)24-15-32-36(17-24)28(29)30/h6-7,10-17,19,28H,8-9H2,1-5H3,(H,33,37)/t19-/m1/s1. The molecule has 0 fully saturated rings. The Bertz CT molecular complexity index is 1410. The highest BCUT2D eigenvalue weighted by Crippen LogP contribution is 2.31. The predicted molar refractivity (Wildman–Crippen MR) is 142 cm³/mol.